The van der Waals surface area contributed by atoms with Gasteiger partial charge in [-0.25, -0.2) is 4.39 Å². The van der Waals surface area contributed by atoms with Crippen LogP contribution < -0.4 is 0 Å². The molecule has 104 valence electrons. The molecule has 3 heteroatoms. The zero-order chi connectivity index (χ0) is 14.4. The first-order valence-corrected chi connectivity index (χ1v) is 6.62. The lowest BCUT2D eigenvalue weighted by Gasteiger charge is -2.18. The zero-order valence-electron chi connectivity index (χ0n) is 11.5. The molecule has 0 aliphatic heterocycles. The number of hydrogen-bond acceptors (Lipinski definition) is 2. The number of methoxy groups -OCH3 is 1. The Kier molecular flexibility index (Phi) is 4.88. The molecule has 1 atom stereocenters. The van der Waals surface area contributed by atoms with Crippen LogP contribution in [-0.4, -0.2) is 13.0 Å². The summed E-state index contributed by atoms with van der Waals surface area (Å²) in [5, 5.41) is 7.60. The third-order valence-electron chi connectivity index (χ3n) is 3.36. The number of halogens is 1. The van der Waals surface area contributed by atoms with E-state index in [2.05, 4.69) is 0 Å². The largest absolute Gasteiger partial charge is 0.484 e. The molecule has 0 fully saturated rings. The molecule has 0 saturated heterocycles. The van der Waals surface area contributed by atoms with Crippen LogP contribution in [0, 0.1) is 11.2 Å². The van der Waals surface area contributed by atoms with Gasteiger partial charge in [0.15, 0.2) is 5.90 Å². The molecule has 2 nitrogen and oxygen atoms in total. The third kappa shape index (κ3) is 3.67. The predicted molar refractivity (Wildman–Crippen MR) is 78.7 cm³/mol. The summed E-state index contributed by atoms with van der Waals surface area (Å²) >= 11 is 0. The summed E-state index contributed by atoms with van der Waals surface area (Å²) < 4.78 is 18.3. The Morgan fingerprint density at radius 1 is 1.10 bits per heavy atom. The number of rotatable bonds is 5. The van der Waals surface area contributed by atoms with Crippen LogP contribution >= 0.6 is 0 Å². The van der Waals surface area contributed by atoms with Crippen LogP contribution in [0.25, 0.3) is 0 Å². The highest BCUT2D eigenvalue weighted by Crippen LogP contribution is 2.29. The first-order valence-electron chi connectivity index (χ1n) is 6.62. The molecule has 1 N–H and O–H groups in total. The van der Waals surface area contributed by atoms with Gasteiger partial charge in [0.2, 0.25) is 0 Å². The summed E-state index contributed by atoms with van der Waals surface area (Å²) in [4.78, 5) is 0. The molecular weight excluding hydrogens is 253 g/mol. The van der Waals surface area contributed by atoms with Crippen molar-refractivity contribution < 1.29 is 9.13 Å². The average Bonchev–Trinajstić information content (AvgIpc) is 2.48. The van der Waals surface area contributed by atoms with Crippen molar-refractivity contribution in [1.82, 2.24) is 0 Å². The lowest BCUT2D eigenvalue weighted by Crippen LogP contribution is -2.06. The molecule has 0 radical (unpaired) electrons. The van der Waals surface area contributed by atoms with Crippen molar-refractivity contribution in [3.8, 4) is 0 Å². The third-order valence-corrected chi connectivity index (χ3v) is 3.36. The summed E-state index contributed by atoms with van der Waals surface area (Å²) in [6.45, 7) is 0. The lowest BCUT2D eigenvalue weighted by molar-refractivity contribution is 0.383. The minimum Gasteiger partial charge on any atom is -0.484 e. The summed E-state index contributed by atoms with van der Waals surface area (Å²) in [7, 11) is 1.50. The Labute approximate surface area is 118 Å². The van der Waals surface area contributed by atoms with E-state index in [0.29, 0.717) is 6.42 Å². The van der Waals surface area contributed by atoms with Crippen molar-refractivity contribution in [1.29, 1.82) is 5.41 Å². The monoisotopic (exact) mass is 271 g/mol. The van der Waals surface area contributed by atoms with Crippen molar-refractivity contribution in [3.05, 3.63) is 71.5 Å². The van der Waals surface area contributed by atoms with Crippen LogP contribution in [0.3, 0.4) is 0 Å². The molecule has 0 saturated carbocycles. The normalized spacial score (nSPS) is 11.9. The van der Waals surface area contributed by atoms with Crippen molar-refractivity contribution in [2.24, 2.45) is 0 Å². The van der Waals surface area contributed by atoms with E-state index in [1.165, 1.54) is 13.2 Å². The Morgan fingerprint density at radius 2 is 1.80 bits per heavy atom. The zero-order valence-corrected chi connectivity index (χ0v) is 11.5. The second kappa shape index (κ2) is 6.85. The highest BCUT2D eigenvalue weighted by molar-refractivity contribution is 5.72. The van der Waals surface area contributed by atoms with Crippen molar-refractivity contribution in [2.45, 2.75) is 18.8 Å². The van der Waals surface area contributed by atoms with Gasteiger partial charge in [0.1, 0.15) is 5.82 Å². The van der Waals surface area contributed by atoms with Crippen LogP contribution in [0.15, 0.2) is 54.6 Å². The highest BCUT2D eigenvalue weighted by Gasteiger charge is 2.15. The Hall–Kier alpha value is -2.16. The Bertz CT molecular complexity index is 568. The van der Waals surface area contributed by atoms with Gasteiger partial charge in [-0.1, -0.05) is 42.5 Å². The molecule has 0 aliphatic rings. The molecule has 0 heterocycles. The second-order valence-corrected chi connectivity index (χ2v) is 4.68. The van der Waals surface area contributed by atoms with Crippen LogP contribution in [0.1, 0.15) is 29.9 Å². The molecule has 0 amide bonds. The number of hydrogen-bond donors (Lipinski definition) is 1. The second-order valence-electron chi connectivity index (χ2n) is 4.68. The first kappa shape index (κ1) is 14.3. The fourth-order valence-corrected chi connectivity index (χ4v) is 2.31. The molecule has 0 aliphatic carbocycles. The van der Waals surface area contributed by atoms with Crippen molar-refractivity contribution >= 4 is 5.90 Å². The number of nitrogens with one attached hydrogen (secondary N) is 1. The molecule has 2 aromatic rings. The first-order chi connectivity index (χ1) is 9.70. The van der Waals surface area contributed by atoms with Crippen LogP contribution in [0.5, 0.6) is 0 Å². The maximum Gasteiger partial charge on any atom is 0.180 e. The van der Waals surface area contributed by atoms with Crippen molar-refractivity contribution in [3.63, 3.8) is 0 Å². The molecule has 20 heavy (non-hydrogen) atoms. The number of benzene rings is 2. The fourth-order valence-electron chi connectivity index (χ4n) is 2.31. The Morgan fingerprint density at radius 3 is 2.45 bits per heavy atom. The average molecular weight is 271 g/mol. The van der Waals surface area contributed by atoms with Gasteiger partial charge >= 0.3 is 0 Å². The maximum absolute atomic E-state index is 13.4. The molecule has 2 aromatic carbocycles. The summed E-state index contributed by atoms with van der Waals surface area (Å²) in [6.07, 6.45) is 1.26. The van der Waals surface area contributed by atoms with E-state index in [0.717, 1.165) is 17.5 Å². The molecule has 0 spiro atoms. The van der Waals surface area contributed by atoms with Crippen LogP contribution in [0.4, 0.5) is 4.39 Å². The maximum atomic E-state index is 13.4. The van der Waals surface area contributed by atoms with E-state index in [1.807, 2.05) is 36.4 Å². The predicted octanol–water partition coefficient (Wildman–Crippen LogP) is 4.36. The van der Waals surface area contributed by atoms with Gasteiger partial charge in [-0.3, -0.25) is 5.41 Å². The van der Waals surface area contributed by atoms with Gasteiger partial charge in [0, 0.05) is 12.3 Å². The van der Waals surface area contributed by atoms with Gasteiger partial charge in [-0.2, -0.15) is 0 Å². The minimum atomic E-state index is -0.231. The molecular formula is C17H18FNO. The molecule has 1 unspecified atom stereocenters. The van der Waals surface area contributed by atoms with E-state index in [4.69, 9.17) is 10.1 Å². The van der Waals surface area contributed by atoms with Gasteiger partial charge < -0.3 is 4.74 Å². The molecule has 2 rings (SSSR count). The topological polar surface area (TPSA) is 33.1 Å². The van der Waals surface area contributed by atoms with Crippen LogP contribution in [0.2, 0.25) is 0 Å². The SMILES string of the molecule is COC(=N)CCC(c1ccccc1)c1cccc(F)c1. The van der Waals surface area contributed by atoms with E-state index < -0.39 is 0 Å². The standard InChI is InChI=1S/C17H18FNO/c1-20-17(19)11-10-16(13-6-3-2-4-7-13)14-8-5-9-15(18)12-14/h2-9,12,16,19H,10-11H2,1H3. The summed E-state index contributed by atoms with van der Waals surface area (Å²) in [5.74, 6) is 0.0926. The van der Waals surface area contributed by atoms with Gasteiger partial charge in [0.05, 0.1) is 7.11 Å². The van der Waals surface area contributed by atoms with Gasteiger partial charge in [-0.05, 0) is 29.7 Å². The van der Waals surface area contributed by atoms with Crippen molar-refractivity contribution in [2.75, 3.05) is 7.11 Å². The molecule has 0 bridgehead atoms. The molecule has 0 aromatic heterocycles. The lowest BCUT2D eigenvalue weighted by atomic mass is 9.87. The summed E-state index contributed by atoms with van der Waals surface area (Å²) in [5.41, 5.74) is 2.06. The van der Waals surface area contributed by atoms with Crippen LogP contribution in [-0.2, 0) is 4.74 Å². The fraction of sp³-hybridized carbons (Fsp3) is 0.235. The Balaban J connectivity index is 2.27. The van der Waals surface area contributed by atoms with E-state index in [1.54, 1.807) is 12.1 Å². The smallest absolute Gasteiger partial charge is 0.180 e. The quantitative estimate of drug-likeness (QED) is 0.636. The van der Waals surface area contributed by atoms with Gasteiger partial charge in [-0.15, -0.1) is 0 Å². The summed E-state index contributed by atoms with van der Waals surface area (Å²) in [6, 6.07) is 16.6. The van der Waals surface area contributed by atoms with E-state index >= 15 is 0 Å². The van der Waals surface area contributed by atoms with E-state index in [9.17, 15) is 4.39 Å². The van der Waals surface area contributed by atoms with Gasteiger partial charge in [0.25, 0.3) is 0 Å². The van der Waals surface area contributed by atoms with E-state index in [-0.39, 0.29) is 17.6 Å². The highest BCUT2D eigenvalue weighted by atomic mass is 19.1. The minimum absolute atomic E-state index is 0.0717. The number of ether oxygens (including phenoxy) is 1.